The summed E-state index contributed by atoms with van der Waals surface area (Å²) in [6, 6.07) is 15.3. The number of nitrogens with two attached hydrogens (primary N) is 1. The van der Waals surface area contributed by atoms with Crippen molar-refractivity contribution in [3.05, 3.63) is 60.3 Å². The van der Waals surface area contributed by atoms with E-state index in [1.54, 1.807) is 54.6 Å². The van der Waals surface area contributed by atoms with Crippen molar-refractivity contribution in [2.75, 3.05) is 5.73 Å². The SMILES string of the molecule is Nc1nonc1-n1nnc(C(=O)N=Nc2c(O)n(CC(=O)O)c3ccccc23)c1-c1ccccc1. The van der Waals surface area contributed by atoms with Crippen LogP contribution in [0.25, 0.3) is 28.0 Å². The van der Waals surface area contributed by atoms with E-state index in [9.17, 15) is 19.8 Å². The molecule has 5 aromatic rings. The van der Waals surface area contributed by atoms with Gasteiger partial charge in [-0.1, -0.05) is 53.7 Å². The van der Waals surface area contributed by atoms with Gasteiger partial charge >= 0.3 is 11.9 Å². The first-order valence-electron chi connectivity index (χ1n) is 10.0. The van der Waals surface area contributed by atoms with E-state index in [-0.39, 0.29) is 28.7 Å². The highest BCUT2D eigenvalue weighted by molar-refractivity contribution is 6.00. The summed E-state index contributed by atoms with van der Waals surface area (Å²) in [7, 11) is 0. The van der Waals surface area contributed by atoms with E-state index in [0.29, 0.717) is 16.5 Å². The lowest BCUT2D eigenvalue weighted by molar-refractivity contribution is -0.137. The van der Waals surface area contributed by atoms with Gasteiger partial charge in [-0.25, -0.2) is 4.63 Å². The molecule has 5 rings (SSSR count). The standard InChI is InChI=1S/C21H15N9O5/c22-18-19(27-35-26-18)30-17(11-6-2-1-3-7-11)16(24-28-30)20(33)25-23-15-12-8-4-5-9-13(12)29(21(15)34)10-14(31)32/h1-9,34H,10H2,(H2,22,26)(H,31,32). The van der Waals surface area contributed by atoms with Gasteiger partial charge in [0.25, 0.3) is 0 Å². The molecule has 0 fully saturated rings. The summed E-state index contributed by atoms with van der Waals surface area (Å²) < 4.78 is 6.99. The van der Waals surface area contributed by atoms with Gasteiger partial charge in [0.15, 0.2) is 11.4 Å². The van der Waals surface area contributed by atoms with Crippen molar-refractivity contribution in [1.82, 2.24) is 29.9 Å². The predicted molar refractivity (Wildman–Crippen MR) is 119 cm³/mol. The lowest BCUT2D eigenvalue weighted by Gasteiger charge is -2.04. The van der Waals surface area contributed by atoms with E-state index in [1.807, 2.05) is 0 Å². The average Bonchev–Trinajstić information content (AvgIpc) is 3.55. The first kappa shape index (κ1) is 21.4. The Morgan fingerprint density at radius 1 is 1.06 bits per heavy atom. The third-order valence-electron chi connectivity index (χ3n) is 5.07. The fourth-order valence-corrected chi connectivity index (χ4v) is 3.58. The van der Waals surface area contributed by atoms with Crippen LogP contribution in [0.3, 0.4) is 0 Å². The van der Waals surface area contributed by atoms with Gasteiger partial charge in [-0.15, -0.1) is 15.3 Å². The van der Waals surface area contributed by atoms with Crippen molar-refractivity contribution in [1.29, 1.82) is 0 Å². The molecule has 0 aliphatic carbocycles. The van der Waals surface area contributed by atoms with E-state index >= 15 is 0 Å². The lowest BCUT2D eigenvalue weighted by Crippen LogP contribution is -2.07. The molecular weight excluding hydrogens is 458 g/mol. The molecule has 2 aromatic carbocycles. The molecule has 14 nitrogen and oxygen atoms in total. The minimum Gasteiger partial charge on any atom is -0.493 e. The highest BCUT2D eigenvalue weighted by atomic mass is 16.6. The Balaban J connectivity index is 1.59. The molecule has 35 heavy (non-hydrogen) atoms. The number of nitrogen functional groups attached to an aromatic ring is 1. The summed E-state index contributed by atoms with van der Waals surface area (Å²) in [5, 5.41) is 43.0. The van der Waals surface area contributed by atoms with Gasteiger partial charge in [-0.3, -0.25) is 14.2 Å². The topological polar surface area (TPSA) is 200 Å². The highest BCUT2D eigenvalue weighted by Crippen LogP contribution is 2.39. The number of hydrogen-bond acceptors (Lipinski definition) is 10. The van der Waals surface area contributed by atoms with Gasteiger partial charge in [-0.2, -0.15) is 4.68 Å². The van der Waals surface area contributed by atoms with Crippen LogP contribution in [-0.2, 0) is 11.3 Å². The normalized spacial score (nSPS) is 11.4. The number of nitrogens with zero attached hydrogens (tertiary/aromatic N) is 8. The predicted octanol–water partition coefficient (Wildman–Crippen LogP) is 2.57. The lowest BCUT2D eigenvalue weighted by atomic mass is 10.1. The minimum absolute atomic E-state index is 0.0294. The Morgan fingerprint density at radius 2 is 1.80 bits per heavy atom. The minimum atomic E-state index is -1.16. The summed E-state index contributed by atoms with van der Waals surface area (Å²) >= 11 is 0. The zero-order valence-electron chi connectivity index (χ0n) is 17.7. The first-order valence-corrected chi connectivity index (χ1v) is 10.0. The van der Waals surface area contributed by atoms with Crippen molar-refractivity contribution in [3.63, 3.8) is 0 Å². The average molecular weight is 473 g/mol. The third-order valence-corrected chi connectivity index (χ3v) is 5.07. The number of anilines is 1. The Hall–Kier alpha value is -5.40. The van der Waals surface area contributed by atoms with Gasteiger partial charge in [0, 0.05) is 10.9 Å². The number of aliphatic carboxylic acids is 1. The van der Waals surface area contributed by atoms with Crippen LogP contribution in [0.1, 0.15) is 10.5 Å². The maximum absolute atomic E-state index is 13.1. The van der Waals surface area contributed by atoms with E-state index in [4.69, 9.17) is 5.73 Å². The summed E-state index contributed by atoms with van der Waals surface area (Å²) in [6.07, 6.45) is 0. The molecule has 0 radical (unpaired) electrons. The Bertz CT molecular complexity index is 1600. The maximum atomic E-state index is 13.1. The molecule has 0 saturated carbocycles. The van der Waals surface area contributed by atoms with Gasteiger partial charge in [0.05, 0.1) is 5.52 Å². The summed E-state index contributed by atoms with van der Waals surface area (Å²) in [6.45, 7) is -0.505. The number of aromatic nitrogens is 6. The smallest absolute Gasteiger partial charge is 0.323 e. The van der Waals surface area contributed by atoms with Crippen LogP contribution >= 0.6 is 0 Å². The first-order chi connectivity index (χ1) is 17.0. The van der Waals surface area contributed by atoms with Crippen LogP contribution in [0, 0.1) is 0 Å². The van der Waals surface area contributed by atoms with Crippen LogP contribution in [-0.4, -0.2) is 52.0 Å². The molecule has 0 aliphatic rings. The van der Waals surface area contributed by atoms with Crippen molar-refractivity contribution < 1.29 is 24.4 Å². The number of azo groups is 1. The number of carboxylic acids is 1. The number of carbonyl (C=O) groups excluding carboxylic acids is 1. The zero-order valence-corrected chi connectivity index (χ0v) is 17.7. The zero-order chi connectivity index (χ0) is 24.5. The quantitative estimate of drug-likeness (QED) is 0.308. The third kappa shape index (κ3) is 3.74. The van der Waals surface area contributed by atoms with Gasteiger partial charge in [-0.05, 0) is 16.4 Å². The number of carbonyl (C=O) groups is 2. The summed E-state index contributed by atoms with van der Waals surface area (Å²) in [5.41, 5.74) is 6.75. The molecule has 0 spiro atoms. The number of fused-ring (bicyclic) bond motifs is 1. The number of rotatable bonds is 6. The van der Waals surface area contributed by atoms with Crippen molar-refractivity contribution >= 4 is 34.3 Å². The largest absolute Gasteiger partial charge is 0.493 e. The van der Waals surface area contributed by atoms with Crippen molar-refractivity contribution in [3.8, 4) is 23.0 Å². The molecule has 0 unspecified atom stereocenters. The van der Waals surface area contributed by atoms with Crippen LogP contribution in [0.4, 0.5) is 11.5 Å². The molecule has 14 heteroatoms. The van der Waals surface area contributed by atoms with Crippen LogP contribution in [0.15, 0.2) is 69.5 Å². The molecule has 0 saturated heterocycles. The van der Waals surface area contributed by atoms with Gasteiger partial charge in [0.1, 0.15) is 12.2 Å². The van der Waals surface area contributed by atoms with Crippen LogP contribution < -0.4 is 5.73 Å². The number of aromatic hydroxyl groups is 1. The Morgan fingerprint density at radius 3 is 2.51 bits per heavy atom. The van der Waals surface area contributed by atoms with Gasteiger partial charge < -0.3 is 15.9 Å². The second kappa shape index (κ2) is 8.51. The summed E-state index contributed by atoms with van der Waals surface area (Å²) in [4.78, 5) is 24.3. The molecule has 0 bridgehead atoms. The van der Waals surface area contributed by atoms with Gasteiger partial charge in [0.2, 0.25) is 17.5 Å². The number of carboxylic acid groups (broad SMARTS) is 1. The fraction of sp³-hybridized carbons (Fsp3) is 0.0476. The van der Waals surface area contributed by atoms with Crippen LogP contribution in [0.5, 0.6) is 5.88 Å². The molecule has 174 valence electrons. The maximum Gasteiger partial charge on any atom is 0.323 e. The number of hydrogen-bond donors (Lipinski definition) is 3. The molecule has 0 aliphatic heterocycles. The Kier molecular flexibility index (Phi) is 5.21. The molecule has 3 aromatic heterocycles. The van der Waals surface area contributed by atoms with Crippen molar-refractivity contribution in [2.24, 2.45) is 10.2 Å². The molecule has 4 N–H and O–H groups in total. The van der Waals surface area contributed by atoms with E-state index < -0.39 is 24.3 Å². The van der Waals surface area contributed by atoms with E-state index in [0.717, 1.165) is 4.57 Å². The highest BCUT2D eigenvalue weighted by Gasteiger charge is 2.26. The molecule has 0 atom stereocenters. The second-order valence-corrected chi connectivity index (χ2v) is 7.21. The molecule has 3 heterocycles. The second-order valence-electron chi connectivity index (χ2n) is 7.21. The van der Waals surface area contributed by atoms with Crippen LogP contribution in [0.2, 0.25) is 0 Å². The monoisotopic (exact) mass is 473 g/mol. The number of amides is 1. The molecular formula is C21H15N9O5. The number of para-hydroxylation sites is 1. The summed E-state index contributed by atoms with van der Waals surface area (Å²) in [5.74, 6) is -2.52. The Labute approximate surface area is 194 Å². The van der Waals surface area contributed by atoms with E-state index in [1.165, 1.54) is 4.68 Å². The number of benzene rings is 2. The fourth-order valence-electron chi connectivity index (χ4n) is 3.58. The molecule has 1 amide bonds. The van der Waals surface area contributed by atoms with Crippen molar-refractivity contribution in [2.45, 2.75) is 6.54 Å². The van der Waals surface area contributed by atoms with E-state index in [2.05, 4.69) is 35.5 Å².